The molecule has 1 aliphatic heterocycles. The fraction of sp³-hybridized carbons (Fsp3) is 0.474. The number of ether oxygens (including phenoxy) is 1. The third kappa shape index (κ3) is 3.19. The second kappa shape index (κ2) is 7.13. The Morgan fingerprint density at radius 3 is 2.70 bits per heavy atom. The molecule has 1 aromatic heterocycles. The van der Waals surface area contributed by atoms with E-state index in [-0.39, 0.29) is 28.6 Å². The minimum absolute atomic E-state index is 0.0818. The lowest BCUT2D eigenvalue weighted by atomic mass is 10.1. The zero-order chi connectivity index (χ0) is 19.1. The summed E-state index contributed by atoms with van der Waals surface area (Å²) in [4.78, 5) is 27.0. The van der Waals surface area contributed by atoms with Crippen LogP contribution >= 0.6 is 11.6 Å². The van der Waals surface area contributed by atoms with Gasteiger partial charge < -0.3 is 19.5 Å². The number of rotatable bonds is 4. The molecule has 0 unspecified atom stereocenters. The van der Waals surface area contributed by atoms with Gasteiger partial charge in [-0.15, -0.1) is 0 Å². The Kier molecular flexibility index (Phi) is 4.82. The number of halogens is 2. The van der Waals surface area contributed by atoms with Gasteiger partial charge in [-0.05, 0) is 25.8 Å². The molecule has 144 valence electrons. The Morgan fingerprint density at radius 1 is 1.37 bits per heavy atom. The van der Waals surface area contributed by atoms with Gasteiger partial charge in [0, 0.05) is 38.4 Å². The summed E-state index contributed by atoms with van der Waals surface area (Å²) >= 11 is 6.64. The summed E-state index contributed by atoms with van der Waals surface area (Å²) in [5, 5.41) is 3.57. The van der Waals surface area contributed by atoms with Gasteiger partial charge in [0.05, 0.1) is 28.2 Å². The topological polar surface area (TPSA) is 63.6 Å². The molecule has 2 aliphatic rings. The van der Waals surface area contributed by atoms with Crippen LogP contribution in [0.3, 0.4) is 0 Å². The van der Waals surface area contributed by atoms with E-state index in [4.69, 9.17) is 16.3 Å². The van der Waals surface area contributed by atoms with Crippen LogP contribution in [0, 0.1) is 5.82 Å². The average molecular weight is 394 g/mol. The highest BCUT2D eigenvalue weighted by Crippen LogP contribution is 2.42. The number of anilines is 1. The number of fused-ring (bicyclic) bond motifs is 1. The van der Waals surface area contributed by atoms with Crippen LogP contribution in [0.15, 0.2) is 17.1 Å². The maximum atomic E-state index is 15.0. The Morgan fingerprint density at radius 2 is 2.07 bits per heavy atom. The monoisotopic (exact) mass is 393 g/mol. The Hall–Kier alpha value is -2.12. The molecule has 1 aliphatic carbocycles. The quantitative estimate of drug-likeness (QED) is 0.809. The summed E-state index contributed by atoms with van der Waals surface area (Å²) in [6.45, 7) is 4.59. The van der Waals surface area contributed by atoms with Crippen LogP contribution in [-0.4, -0.2) is 43.3 Å². The Balaban J connectivity index is 1.96. The lowest BCUT2D eigenvalue weighted by Gasteiger charge is -2.31. The summed E-state index contributed by atoms with van der Waals surface area (Å²) in [5.41, 5.74) is 0.185. The standard InChI is InChI=1S/C19H21ClFN3O3/c1-2-27-19(26)13-10-24(11-3-4-11)16-12(18(13)25)9-14(21)17(15(16)20)23-7-5-22-6-8-23/h9-11,22H,2-8H2,1H3. The predicted molar refractivity (Wildman–Crippen MR) is 102 cm³/mol. The molecular formula is C19H21ClFN3O3. The number of carbonyl (C=O) groups is 1. The number of benzene rings is 1. The number of hydrogen-bond acceptors (Lipinski definition) is 5. The van der Waals surface area contributed by atoms with Gasteiger partial charge in [-0.25, -0.2) is 9.18 Å². The van der Waals surface area contributed by atoms with Gasteiger partial charge >= 0.3 is 5.97 Å². The highest BCUT2D eigenvalue weighted by Gasteiger charge is 2.30. The van der Waals surface area contributed by atoms with Crippen molar-refractivity contribution in [2.24, 2.45) is 0 Å². The normalized spacial score (nSPS) is 17.4. The molecule has 0 spiro atoms. The van der Waals surface area contributed by atoms with Crippen molar-refractivity contribution in [3.8, 4) is 0 Å². The number of hydrogen-bond donors (Lipinski definition) is 1. The molecule has 1 aromatic carbocycles. The zero-order valence-electron chi connectivity index (χ0n) is 15.1. The second-order valence-corrected chi connectivity index (χ2v) is 7.26. The van der Waals surface area contributed by atoms with Crippen molar-refractivity contribution < 1.29 is 13.9 Å². The Bertz CT molecular complexity index is 965. The van der Waals surface area contributed by atoms with E-state index >= 15 is 0 Å². The first-order valence-corrected chi connectivity index (χ1v) is 9.60. The lowest BCUT2D eigenvalue weighted by Crippen LogP contribution is -2.44. The molecule has 2 heterocycles. The number of nitrogens with zero attached hydrogens (tertiary/aromatic N) is 2. The molecule has 4 rings (SSSR count). The molecule has 1 saturated carbocycles. The number of aromatic nitrogens is 1. The molecule has 0 amide bonds. The smallest absolute Gasteiger partial charge is 0.343 e. The largest absolute Gasteiger partial charge is 0.462 e. The van der Waals surface area contributed by atoms with Crippen molar-refractivity contribution in [2.45, 2.75) is 25.8 Å². The molecule has 2 fully saturated rings. The van der Waals surface area contributed by atoms with Crippen LogP contribution in [0.1, 0.15) is 36.2 Å². The highest BCUT2D eigenvalue weighted by molar-refractivity contribution is 6.38. The lowest BCUT2D eigenvalue weighted by molar-refractivity contribution is 0.0524. The van der Waals surface area contributed by atoms with Crippen molar-refractivity contribution in [1.82, 2.24) is 9.88 Å². The first-order valence-electron chi connectivity index (χ1n) is 9.22. The Labute approximate surface area is 160 Å². The summed E-state index contributed by atoms with van der Waals surface area (Å²) in [5.74, 6) is -1.24. The van der Waals surface area contributed by atoms with E-state index in [1.165, 1.54) is 12.3 Å². The van der Waals surface area contributed by atoms with Gasteiger partial charge in [0.25, 0.3) is 0 Å². The molecule has 8 heteroatoms. The van der Waals surface area contributed by atoms with E-state index < -0.39 is 17.2 Å². The summed E-state index contributed by atoms with van der Waals surface area (Å²) in [7, 11) is 0. The van der Waals surface area contributed by atoms with Crippen LogP contribution in [-0.2, 0) is 4.74 Å². The van der Waals surface area contributed by atoms with Gasteiger partial charge in [0.1, 0.15) is 11.4 Å². The van der Waals surface area contributed by atoms with Crippen LogP contribution in [0.5, 0.6) is 0 Å². The van der Waals surface area contributed by atoms with Gasteiger partial charge in [0.2, 0.25) is 5.43 Å². The van der Waals surface area contributed by atoms with Gasteiger partial charge in [-0.3, -0.25) is 4.79 Å². The van der Waals surface area contributed by atoms with Crippen molar-refractivity contribution in [2.75, 3.05) is 37.7 Å². The second-order valence-electron chi connectivity index (χ2n) is 6.89. The van der Waals surface area contributed by atoms with Gasteiger partial charge in [0.15, 0.2) is 0 Å². The number of carbonyl (C=O) groups excluding carboxylic acids is 1. The van der Waals surface area contributed by atoms with E-state index in [1.54, 1.807) is 6.92 Å². The minimum atomic E-state index is -0.693. The number of nitrogens with one attached hydrogen (secondary N) is 1. The molecule has 0 radical (unpaired) electrons. The average Bonchev–Trinajstić information content (AvgIpc) is 3.49. The summed E-state index contributed by atoms with van der Waals surface area (Å²) in [6.07, 6.45) is 3.37. The number of piperazine rings is 1. The summed E-state index contributed by atoms with van der Waals surface area (Å²) in [6, 6.07) is 1.36. The van der Waals surface area contributed by atoms with Crippen LogP contribution in [0.4, 0.5) is 10.1 Å². The van der Waals surface area contributed by atoms with Crippen LogP contribution in [0.2, 0.25) is 5.02 Å². The van der Waals surface area contributed by atoms with E-state index in [0.29, 0.717) is 24.3 Å². The number of pyridine rings is 1. The number of esters is 1. The zero-order valence-corrected chi connectivity index (χ0v) is 15.8. The van der Waals surface area contributed by atoms with E-state index in [2.05, 4.69) is 5.32 Å². The third-order valence-electron chi connectivity index (χ3n) is 5.05. The molecule has 2 aromatic rings. The molecule has 1 N–H and O–H groups in total. The van der Waals surface area contributed by atoms with Gasteiger partial charge in [-0.2, -0.15) is 0 Å². The molecule has 0 bridgehead atoms. The summed E-state index contributed by atoms with van der Waals surface area (Å²) < 4.78 is 21.8. The first kappa shape index (κ1) is 18.3. The van der Waals surface area contributed by atoms with Crippen LogP contribution in [0.25, 0.3) is 10.9 Å². The molecular weight excluding hydrogens is 373 g/mol. The maximum absolute atomic E-state index is 15.0. The van der Waals surface area contributed by atoms with Crippen molar-refractivity contribution >= 4 is 34.2 Å². The molecule has 1 saturated heterocycles. The first-order chi connectivity index (χ1) is 13.0. The highest BCUT2D eigenvalue weighted by atomic mass is 35.5. The maximum Gasteiger partial charge on any atom is 0.343 e. The van der Waals surface area contributed by atoms with E-state index in [9.17, 15) is 14.0 Å². The molecule has 6 nitrogen and oxygen atoms in total. The SMILES string of the molecule is CCOC(=O)c1cn(C2CC2)c2c(Cl)c(N3CCNCC3)c(F)cc2c1=O. The third-order valence-corrected chi connectivity index (χ3v) is 5.41. The molecule has 27 heavy (non-hydrogen) atoms. The van der Waals surface area contributed by atoms with Crippen molar-refractivity contribution in [3.05, 3.63) is 38.9 Å². The minimum Gasteiger partial charge on any atom is -0.462 e. The van der Waals surface area contributed by atoms with Gasteiger partial charge in [-0.1, -0.05) is 11.6 Å². The van der Waals surface area contributed by atoms with Crippen molar-refractivity contribution in [1.29, 1.82) is 0 Å². The van der Waals surface area contributed by atoms with Crippen LogP contribution < -0.4 is 15.6 Å². The predicted octanol–water partition coefficient (Wildman–Crippen LogP) is 2.72. The van der Waals surface area contributed by atoms with Crippen molar-refractivity contribution in [3.63, 3.8) is 0 Å². The fourth-order valence-electron chi connectivity index (χ4n) is 3.60. The molecule has 0 atom stereocenters. The van der Waals surface area contributed by atoms with E-state index in [1.807, 2.05) is 9.47 Å². The van der Waals surface area contributed by atoms with E-state index in [0.717, 1.165) is 25.9 Å². The fourth-order valence-corrected chi connectivity index (χ4v) is 4.01.